The minimum Gasteiger partial charge on any atom is -0.478 e. The van der Waals surface area contributed by atoms with E-state index in [0.717, 1.165) is 10.9 Å². The standard InChI is InChI=1S/C15H13N3O3/c1-8-13(15(20)21)12(7-16-8)18-14(19)10-6-17-11-5-3-2-4-9(10)11/h2-7,16-17H,1H3,(H,18,19)(H,20,21). The van der Waals surface area contributed by atoms with E-state index in [9.17, 15) is 14.7 Å². The van der Waals surface area contributed by atoms with E-state index in [1.165, 1.54) is 6.20 Å². The topological polar surface area (TPSA) is 98.0 Å². The first-order chi connectivity index (χ1) is 10.1. The Morgan fingerprint density at radius 3 is 2.67 bits per heavy atom. The van der Waals surface area contributed by atoms with E-state index in [1.54, 1.807) is 13.1 Å². The third-order valence-corrected chi connectivity index (χ3v) is 3.37. The highest BCUT2D eigenvalue weighted by atomic mass is 16.4. The normalized spacial score (nSPS) is 10.7. The molecular formula is C15H13N3O3. The molecule has 3 aromatic rings. The molecule has 21 heavy (non-hydrogen) atoms. The molecule has 0 radical (unpaired) electrons. The van der Waals surface area contributed by atoms with Gasteiger partial charge in [0.1, 0.15) is 5.56 Å². The molecule has 0 saturated carbocycles. The lowest BCUT2D eigenvalue weighted by molar-refractivity contribution is 0.0697. The molecule has 106 valence electrons. The van der Waals surface area contributed by atoms with Crippen LogP contribution in [-0.4, -0.2) is 27.0 Å². The van der Waals surface area contributed by atoms with Gasteiger partial charge in [0.15, 0.2) is 0 Å². The SMILES string of the molecule is Cc1[nH]cc(NC(=O)c2c[nH]c3ccccc23)c1C(=O)O. The Morgan fingerprint density at radius 1 is 1.14 bits per heavy atom. The quantitative estimate of drug-likeness (QED) is 0.595. The molecule has 2 heterocycles. The molecule has 0 saturated heterocycles. The summed E-state index contributed by atoms with van der Waals surface area (Å²) >= 11 is 0. The summed E-state index contributed by atoms with van der Waals surface area (Å²) in [6.45, 7) is 1.64. The highest BCUT2D eigenvalue weighted by Crippen LogP contribution is 2.22. The summed E-state index contributed by atoms with van der Waals surface area (Å²) < 4.78 is 0. The molecule has 0 aliphatic rings. The largest absolute Gasteiger partial charge is 0.478 e. The van der Waals surface area contributed by atoms with Gasteiger partial charge in [0.05, 0.1) is 11.3 Å². The number of carbonyl (C=O) groups is 2. The third kappa shape index (κ3) is 2.16. The molecule has 6 nitrogen and oxygen atoms in total. The summed E-state index contributed by atoms with van der Waals surface area (Å²) in [5, 5.41) is 12.6. The van der Waals surface area contributed by atoms with E-state index in [-0.39, 0.29) is 17.2 Å². The van der Waals surface area contributed by atoms with E-state index in [0.29, 0.717) is 11.3 Å². The summed E-state index contributed by atoms with van der Waals surface area (Å²) in [7, 11) is 0. The van der Waals surface area contributed by atoms with Gasteiger partial charge in [-0.3, -0.25) is 4.79 Å². The lowest BCUT2D eigenvalue weighted by Crippen LogP contribution is -2.13. The van der Waals surface area contributed by atoms with Crippen molar-refractivity contribution >= 4 is 28.5 Å². The molecule has 0 aliphatic heterocycles. The molecule has 0 unspecified atom stereocenters. The number of hydrogen-bond acceptors (Lipinski definition) is 2. The first-order valence-corrected chi connectivity index (χ1v) is 6.36. The van der Waals surface area contributed by atoms with E-state index in [2.05, 4.69) is 15.3 Å². The average molecular weight is 283 g/mol. The van der Waals surface area contributed by atoms with Gasteiger partial charge in [0.25, 0.3) is 5.91 Å². The number of para-hydroxylation sites is 1. The van der Waals surface area contributed by atoms with Crippen LogP contribution in [0.4, 0.5) is 5.69 Å². The van der Waals surface area contributed by atoms with Gasteiger partial charge >= 0.3 is 5.97 Å². The van der Waals surface area contributed by atoms with Gasteiger partial charge in [-0.05, 0) is 13.0 Å². The fourth-order valence-corrected chi connectivity index (χ4v) is 2.35. The Labute approximate surface area is 119 Å². The van der Waals surface area contributed by atoms with Crippen LogP contribution in [0.5, 0.6) is 0 Å². The highest BCUT2D eigenvalue weighted by molar-refractivity contribution is 6.14. The number of aromatic carboxylic acids is 1. The van der Waals surface area contributed by atoms with Gasteiger partial charge in [-0.25, -0.2) is 4.79 Å². The lowest BCUT2D eigenvalue weighted by Gasteiger charge is -2.04. The predicted molar refractivity (Wildman–Crippen MR) is 78.7 cm³/mol. The van der Waals surface area contributed by atoms with Crippen LogP contribution in [0.1, 0.15) is 26.4 Å². The zero-order valence-electron chi connectivity index (χ0n) is 11.2. The monoisotopic (exact) mass is 283 g/mol. The summed E-state index contributed by atoms with van der Waals surface area (Å²) in [5.74, 6) is -1.43. The molecule has 0 fully saturated rings. The van der Waals surface area contributed by atoms with Crippen molar-refractivity contribution in [2.45, 2.75) is 6.92 Å². The number of carboxylic acid groups (broad SMARTS) is 1. The number of fused-ring (bicyclic) bond motifs is 1. The van der Waals surface area contributed by atoms with Crippen LogP contribution >= 0.6 is 0 Å². The number of benzene rings is 1. The number of aromatic amines is 2. The van der Waals surface area contributed by atoms with Crippen LogP contribution in [0.3, 0.4) is 0 Å². The maximum Gasteiger partial charge on any atom is 0.339 e. The molecule has 0 spiro atoms. The van der Waals surface area contributed by atoms with Gasteiger partial charge in [-0.15, -0.1) is 0 Å². The van der Waals surface area contributed by atoms with Crippen molar-refractivity contribution < 1.29 is 14.7 Å². The molecule has 2 aromatic heterocycles. The zero-order valence-corrected chi connectivity index (χ0v) is 11.2. The Hall–Kier alpha value is -3.02. The molecular weight excluding hydrogens is 270 g/mol. The Balaban J connectivity index is 1.96. The van der Waals surface area contributed by atoms with Crippen molar-refractivity contribution in [3.8, 4) is 0 Å². The van der Waals surface area contributed by atoms with Crippen LogP contribution in [-0.2, 0) is 0 Å². The summed E-state index contributed by atoms with van der Waals surface area (Å²) in [4.78, 5) is 29.4. The molecule has 4 N–H and O–H groups in total. The van der Waals surface area contributed by atoms with Gasteiger partial charge in [0, 0.05) is 29.0 Å². The number of nitrogens with one attached hydrogen (secondary N) is 3. The average Bonchev–Trinajstić information content (AvgIpc) is 3.02. The fraction of sp³-hybridized carbons (Fsp3) is 0.0667. The van der Waals surface area contributed by atoms with E-state index in [4.69, 9.17) is 0 Å². The molecule has 1 aromatic carbocycles. The zero-order chi connectivity index (χ0) is 15.0. The maximum atomic E-state index is 12.3. The highest BCUT2D eigenvalue weighted by Gasteiger charge is 2.19. The van der Waals surface area contributed by atoms with Crippen molar-refractivity contribution in [3.05, 3.63) is 53.5 Å². The molecule has 1 amide bonds. The number of aromatic nitrogens is 2. The lowest BCUT2D eigenvalue weighted by atomic mass is 10.1. The van der Waals surface area contributed by atoms with Crippen LogP contribution in [0.25, 0.3) is 10.9 Å². The Kier molecular flexibility index (Phi) is 2.98. The number of carbonyl (C=O) groups excluding carboxylic acids is 1. The minimum absolute atomic E-state index is 0.0724. The van der Waals surface area contributed by atoms with Crippen LogP contribution in [0.15, 0.2) is 36.7 Å². The first kappa shape index (κ1) is 13.0. The molecule has 0 atom stereocenters. The maximum absolute atomic E-state index is 12.3. The predicted octanol–water partition coefficient (Wildman–Crippen LogP) is 2.75. The van der Waals surface area contributed by atoms with Gasteiger partial charge in [0.2, 0.25) is 0 Å². The van der Waals surface area contributed by atoms with E-state index in [1.807, 2.05) is 24.3 Å². The second kappa shape index (κ2) is 4.82. The second-order valence-corrected chi connectivity index (χ2v) is 4.71. The number of anilines is 1. The Morgan fingerprint density at radius 2 is 1.90 bits per heavy atom. The number of H-pyrrole nitrogens is 2. The summed E-state index contributed by atoms with van der Waals surface area (Å²) in [6.07, 6.45) is 3.09. The van der Waals surface area contributed by atoms with Crippen molar-refractivity contribution in [1.29, 1.82) is 0 Å². The third-order valence-electron chi connectivity index (χ3n) is 3.37. The minimum atomic E-state index is -1.08. The van der Waals surface area contributed by atoms with E-state index < -0.39 is 5.97 Å². The summed E-state index contributed by atoms with van der Waals surface area (Å²) in [5.41, 5.74) is 2.15. The van der Waals surface area contributed by atoms with Crippen molar-refractivity contribution in [3.63, 3.8) is 0 Å². The van der Waals surface area contributed by atoms with Crippen molar-refractivity contribution in [2.24, 2.45) is 0 Å². The van der Waals surface area contributed by atoms with Crippen molar-refractivity contribution in [1.82, 2.24) is 9.97 Å². The first-order valence-electron chi connectivity index (χ1n) is 6.36. The molecule has 6 heteroatoms. The number of rotatable bonds is 3. The molecule has 0 bridgehead atoms. The Bertz CT molecular complexity index is 845. The van der Waals surface area contributed by atoms with Gasteiger partial charge < -0.3 is 20.4 Å². The van der Waals surface area contributed by atoms with Gasteiger partial charge in [-0.1, -0.05) is 18.2 Å². The number of carboxylic acids is 1. The molecule has 0 aliphatic carbocycles. The number of amides is 1. The van der Waals surface area contributed by atoms with Gasteiger partial charge in [-0.2, -0.15) is 0 Å². The molecule has 3 rings (SSSR count). The smallest absolute Gasteiger partial charge is 0.339 e. The van der Waals surface area contributed by atoms with Crippen molar-refractivity contribution in [2.75, 3.05) is 5.32 Å². The van der Waals surface area contributed by atoms with E-state index >= 15 is 0 Å². The van der Waals surface area contributed by atoms with Crippen LogP contribution in [0, 0.1) is 6.92 Å². The number of aryl methyl sites for hydroxylation is 1. The van der Waals surface area contributed by atoms with Crippen LogP contribution in [0.2, 0.25) is 0 Å². The second-order valence-electron chi connectivity index (χ2n) is 4.71. The van der Waals surface area contributed by atoms with Crippen LogP contribution < -0.4 is 5.32 Å². The summed E-state index contributed by atoms with van der Waals surface area (Å²) in [6, 6.07) is 7.42. The number of hydrogen-bond donors (Lipinski definition) is 4. The fourth-order valence-electron chi connectivity index (χ4n) is 2.35.